The van der Waals surface area contributed by atoms with Crippen LogP contribution in [-0.2, 0) is 6.54 Å². The van der Waals surface area contributed by atoms with Crippen LogP contribution in [0, 0.1) is 5.92 Å². The van der Waals surface area contributed by atoms with E-state index in [-0.39, 0.29) is 0 Å². The number of hydrogen-bond acceptors (Lipinski definition) is 2. The second-order valence-corrected chi connectivity index (χ2v) is 7.34. The van der Waals surface area contributed by atoms with Crippen molar-refractivity contribution >= 4 is 11.0 Å². The normalized spacial score (nSPS) is 23.6. The van der Waals surface area contributed by atoms with Gasteiger partial charge >= 0.3 is 0 Å². The van der Waals surface area contributed by atoms with E-state index >= 15 is 0 Å². The predicted molar refractivity (Wildman–Crippen MR) is 101 cm³/mol. The summed E-state index contributed by atoms with van der Waals surface area (Å²) >= 11 is 0. The van der Waals surface area contributed by atoms with E-state index in [1.54, 1.807) is 5.57 Å². The molecule has 0 bridgehead atoms. The van der Waals surface area contributed by atoms with E-state index in [2.05, 4.69) is 63.5 Å². The molecule has 1 aromatic carbocycles. The second-order valence-electron chi connectivity index (χ2n) is 7.34. The minimum atomic E-state index is 0.763. The number of rotatable bonds is 4. The van der Waals surface area contributed by atoms with Gasteiger partial charge in [-0.1, -0.05) is 42.0 Å². The van der Waals surface area contributed by atoms with Crippen LogP contribution in [-0.4, -0.2) is 28.0 Å². The number of aromatic nitrogens is 2. The van der Waals surface area contributed by atoms with E-state index in [0.717, 1.165) is 37.1 Å². The van der Waals surface area contributed by atoms with Gasteiger partial charge in [0.25, 0.3) is 0 Å². The Balaban J connectivity index is 1.24. The summed E-state index contributed by atoms with van der Waals surface area (Å²) in [6.07, 6.45) is 9.00. The lowest BCUT2D eigenvalue weighted by Crippen LogP contribution is -2.28. The monoisotopic (exact) mass is 329 g/mol. The predicted octanol–water partition coefficient (Wildman–Crippen LogP) is 4.50. The molecule has 25 heavy (non-hydrogen) atoms. The number of hydrogen-bond donors (Lipinski definition) is 1. The lowest BCUT2D eigenvalue weighted by molar-refractivity contribution is 0.284. The molecule has 2 atom stereocenters. The van der Waals surface area contributed by atoms with E-state index in [9.17, 15) is 0 Å². The molecule has 0 saturated heterocycles. The highest BCUT2D eigenvalue weighted by atomic mass is 15.1. The Labute approximate surface area is 148 Å². The molecule has 2 aliphatic rings. The lowest BCUT2D eigenvalue weighted by Gasteiger charge is -2.26. The molecule has 0 radical (unpaired) electrons. The van der Waals surface area contributed by atoms with Gasteiger partial charge in [-0.25, -0.2) is 4.98 Å². The zero-order valence-electron chi connectivity index (χ0n) is 14.4. The number of pyridine rings is 1. The van der Waals surface area contributed by atoms with Crippen LogP contribution in [0.15, 0.2) is 66.5 Å². The quantitative estimate of drug-likeness (QED) is 0.715. The highest BCUT2D eigenvalue weighted by Gasteiger charge is 2.40. The van der Waals surface area contributed by atoms with E-state index in [0.29, 0.717) is 0 Å². The first-order valence-corrected chi connectivity index (χ1v) is 9.26. The first-order chi connectivity index (χ1) is 12.4. The number of benzene rings is 1. The van der Waals surface area contributed by atoms with Gasteiger partial charge in [-0.3, -0.25) is 4.90 Å². The third kappa shape index (κ3) is 2.89. The van der Waals surface area contributed by atoms with Gasteiger partial charge in [-0.2, -0.15) is 0 Å². The fourth-order valence-electron chi connectivity index (χ4n) is 4.27. The molecule has 3 heterocycles. The third-order valence-corrected chi connectivity index (χ3v) is 5.75. The molecule has 0 amide bonds. The van der Waals surface area contributed by atoms with E-state index in [1.165, 1.54) is 29.4 Å². The fourth-order valence-corrected chi connectivity index (χ4v) is 4.27. The molecule has 3 heteroatoms. The molecule has 2 unspecified atom stereocenters. The van der Waals surface area contributed by atoms with Gasteiger partial charge in [0, 0.05) is 37.4 Å². The number of aromatic amines is 1. The summed E-state index contributed by atoms with van der Waals surface area (Å²) < 4.78 is 0. The summed E-state index contributed by atoms with van der Waals surface area (Å²) in [6.45, 7) is 3.24. The summed E-state index contributed by atoms with van der Waals surface area (Å²) in [6, 6.07) is 15.2. The van der Waals surface area contributed by atoms with Crippen LogP contribution in [0.4, 0.5) is 0 Å². The number of fused-ring (bicyclic) bond motifs is 1. The van der Waals surface area contributed by atoms with Crippen molar-refractivity contribution in [3.63, 3.8) is 0 Å². The van der Waals surface area contributed by atoms with Gasteiger partial charge in [0.1, 0.15) is 5.65 Å². The molecule has 1 saturated carbocycles. The smallest absolute Gasteiger partial charge is 0.137 e. The Morgan fingerprint density at radius 2 is 2.00 bits per heavy atom. The molecule has 1 N–H and O–H groups in total. The Bertz CT molecular complexity index is 909. The first kappa shape index (κ1) is 14.9. The average Bonchev–Trinajstić information content (AvgIpc) is 3.38. The van der Waals surface area contributed by atoms with Gasteiger partial charge in [0.05, 0.1) is 0 Å². The molecule has 0 spiro atoms. The van der Waals surface area contributed by atoms with Gasteiger partial charge in [0.2, 0.25) is 0 Å². The third-order valence-electron chi connectivity index (χ3n) is 5.75. The zero-order chi connectivity index (χ0) is 16.6. The number of H-pyrrole nitrogens is 1. The van der Waals surface area contributed by atoms with Crippen molar-refractivity contribution in [2.75, 3.05) is 13.1 Å². The standard InChI is InChI=1S/C22H23N3/c1-2-5-16(6-3-1)20-13-21(20)17-8-11-25(12-9-17)15-18-14-24-22-19(18)7-4-10-23-22/h1-8,10,14,20-21H,9,11-13,15H2,(H,23,24). The Morgan fingerprint density at radius 1 is 1.08 bits per heavy atom. The fraction of sp³-hybridized carbons (Fsp3) is 0.318. The van der Waals surface area contributed by atoms with Crippen LogP contribution >= 0.6 is 0 Å². The van der Waals surface area contributed by atoms with Crippen molar-refractivity contribution in [3.8, 4) is 0 Å². The second kappa shape index (κ2) is 6.16. The Hall–Kier alpha value is -2.39. The van der Waals surface area contributed by atoms with Crippen LogP contribution in [0.1, 0.15) is 29.9 Å². The van der Waals surface area contributed by atoms with Crippen LogP contribution < -0.4 is 0 Å². The number of nitrogens with one attached hydrogen (secondary N) is 1. The molecular weight excluding hydrogens is 306 g/mol. The highest BCUT2D eigenvalue weighted by molar-refractivity contribution is 5.79. The van der Waals surface area contributed by atoms with Crippen molar-refractivity contribution in [2.45, 2.75) is 25.3 Å². The van der Waals surface area contributed by atoms with Crippen molar-refractivity contribution in [3.05, 3.63) is 77.6 Å². The first-order valence-electron chi connectivity index (χ1n) is 9.26. The highest BCUT2D eigenvalue weighted by Crippen LogP contribution is 2.52. The summed E-state index contributed by atoms with van der Waals surface area (Å²) in [5.41, 5.74) is 5.55. The summed E-state index contributed by atoms with van der Waals surface area (Å²) in [7, 11) is 0. The minimum Gasteiger partial charge on any atom is -0.346 e. The van der Waals surface area contributed by atoms with E-state index in [4.69, 9.17) is 0 Å². The maximum absolute atomic E-state index is 4.39. The maximum atomic E-state index is 4.39. The molecule has 2 aromatic heterocycles. The molecule has 3 nitrogen and oxygen atoms in total. The van der Waals surface area contributed by atoms with Crippen molar-refractivity contribution < 1.29 is 0 Å². The molecule has 5 rings (SSSR count). The molecule has 1 aliphatic heterocycles. The molecule has 1 aliphatic carbocycles. The Morgan fingerprint density at radius 3 is 2.84 bits per heavy atom. The van der Waals surface area contributed by atoms with Crippen molar-refractivity contribution in [2.24, 2.45) is 5.92 Å². The largest absolute Gasteiger partial charge is 0.346 e. The number of nitrogens with zero attached hydrogens (tertiary/aromatic N) is 2. The van der Waals surface area contributed by atoms with E-state index < -0.39 is 0 Å². The lowest BCUT2D eigenvalue weighted by atomic mass is 9.99. The van der Waals surface area contributed by atoms with E-state index in [1.807, 2.05) is 12.3 Å². The van der Waals surface area contributed by atoms with Crippen LogP contribution in [0.25, 0.3) is 11.0 Å². The summed E-state index contributed by atoms with van der Waals surface area (Å²) in [4.78, 5) is 10.2. The topological polar surface area (TPSA) is 31.9 Å². The van der Waals surface area contributed by atoms with Crippen molar-refractivity contribution in [1.82, 2.24) is 14.9 Å². The van der Waals surface area contributed by atoms with Crippen LogP contribution in [0.5, 0.6) is 0 Å². The van der Waals surface area contributed by atoms with Gasteiger partial charge < -0.3 is 4.98 Å². The van der Waals surface area contributed by atoms with Gasteiger partial charge in [-0.15, -0.1) is 0 Å². The maximum Gasteiger partial charge on any atom is 0.137 e. The van der Waals surface area contributed by atoms with Gasteiger partial charge in [-0.05, 0) is 47.9 Å². The minimum absolute atomic E-state index is 0.763. The molecular formula is C22H23N3. The van der Waals surface area contributed by atoms with Gasteiger partial charge in [0.15, 0.2) is 0 Å². The summed E-state index contributed by atoms with van der Waals surface area (Å²) in [5, 5.41) is 1.25. The molecule has 1 fully saturated rings. The Kier molecular flexibility index (Phi) is 3.67. The summed E-state index contributed by atoms with van der Waals surface area (Å²) in [5.74, 6) is 1.56. The average molecular weight is 329 g/mol. The molecule has 3 aromatic rings. The van der Waals surface area contributed by atoms with Crippen LogP contribution in [0.2, 0.25) is 0 Å². The SMILES string of the molecule is C1=C(C2CC2c2ccccc2)CCN(Cc2c[nH]c3ncccc23)C1. The van der Waals surface area contributed by atoms with Crippen LogP contribution in [0.3, 0.4) is 0 Å². The van der Waals surface area contributed by atoms with Crippen molar-refractivity contribution in [1.29, 1.82) is 0 Å². The molecule has 126 valence electrons. The zero-order valence-corrected chi connectivity index (χ0v) is 14.4.